The number of amides is 1. The molecule has 1 aliphatic heterocycles. The molecule has 0 saturated carbocycles. The molecule has 7 heteroatoms. The Kier molecular flexibility index (Phi) is 4.50. The van der Waals surface area contributed by atoms with E-state index in [1.165, 1.54) is 17.7 Å². The molecule has 0 radical (unpaired) electrons. The Morgan fingerprint density at radius 3 is 3.04 bits per heavy atom. The van der Waals surface area contributed by atoms with Gasteiger partial charge in [-0.1, -0.05) is 18.2 Å². The lowest BCUT2D eigenvalue weighted by molar-refractivity contribution is -0.129. The van der Waals surface area contributed by atoms with E-state index in [0.717, 1.165) is 22.2 Å². The van der Waals surface area contributed by atoms with Crippen LogP contribution >= 0.6 is 11.5 Å². The van der Waals surface area contributed by atoms with E-state index < -0.39 is 0 Å². The molecule has 1 aromatic carbocycles. The number of ether oxygens (including phenoxy) is 1. The van der Waals surface area contributed by atoms with Crippen LogP contribution in [0.25, 0.3) is 10.1 Å². The first kappa shape index (κ1) is 16.5. The van der Waals surface area contributed by atoms with Crippen molar-refractivity contribution in [2.24, 2.45) is 0 Å². The van der Waals surface area contributed by atoms with E-state index in [4.69, 9.17) is 10.00 Å². The Labute approximate surface area is 154 Å². The Balaban J connectivity index is 1.37. The molecule has 3 heterocycles. The van der Waals surface area contributed by atoms with Crippen LogP contribution < -0.4 is 4.74 Å². The van der Waals surface area contributed by atoms with Crippen LogP contribution in [0, 0.1) is 11.3 Å². The summed E-state index contributed by atoms with van der Waals surface area (Å²) in [6.07, 6.45) is 2.49. The lowest BCUT2D eigenvalue weighted by atomic mass is 10.1. The first-order chi connectivity index (χ1) is 12.7. The fourth-order valence-electron chi connectivity index (χ4n) is 3.06. The molecule has 6 nitrogen and oxygen atoms in total. The number of benzene rings is 1. The molecule has 4 rings (SSSR count). The molecule has 1 fully saturated rings. The van der Waals surface area contributed by atoms with E-state index in [1.54, 1.807) is 12.1 Å². The van der Waals surface area contributed by atoms with Crippen molar-refractivity contribution < 1.29 is 9.53 Å². The summed E-state index contributed by atoms with van der Waals surface area (Å²) in [6.45, 7) is 1.21. The van der Waals surface area contributed by atoms with Gasteiger partial charge in [-0.25, -0.2) is 4.98 Å². The fourth-order valence-corrected chi connectivity index (χ4v) is 3.85. The van der Waals surface area contributed by atoms with Crippen LogP contribution in [-0.4, -0.2) is 39.4 Å². The minimum absolute atomic E-state index is 0.0694. The van der Waals surface area contributed by atoms with E-state index in [2.05, 4.69) is 9.36 Å². The number of carbonyl (C=O) groups excluding carboxylic acids is 1. The molecule has 0 aliphatic carbocycles. The lowest BCUT2D eigenvalue weighted by Gasteiger charge is -2.16. The third-order valence-corrected chi connectivity index (χ3v) is 5.29. The number of nitrogens with zero attached hydrogens (tertiary/aromatic N) is 4. The zero-order chi connectivity index (χ0) is 17.9. The summed E-state index contributed by atoms with van der Waals surface area (Å²) in [5.74, 6) is 0.550. The smallest absolute Gasteiger partial charge is 0.228 e. The summed E-state index contributed by atoms with van der Waals surface area (Å²) in [7, 11) is 0. The Morgan fingerprint density at radius 2 is 2.23 bits per heavy atom. The molecule has 1 unspecified atom stereocenters. The summed E-state index contributed by atoms with van der Waals surface area (Å²) >= 11 is 1.43. The van der Waals surface area contributed by atoms with Crippen LogP contribution in [0.15, 0.2) is 42.6 Å². The van der Waals surface area contributed by atoms with Gasteiger partial charge in [0.1, 0.15) is 12.2 Å². The monoisotopic (exact) mass is 364 g/mol. The number of nitriles is 1. The minimum atomic E-state index is -0.0773. The largest absolute Gasteiger partial charge is 0.472 e. The van der Waals surface area contributed by atoms with Crippen LogP contribution in [0.4, 0.5) is 0 Å². The number of likely N-dealkylation sites (tertiary alicyclic amines) is 1. The summed E-state index contributed by atoms with van der Waals surface area (Å²) in [5, 5.41) is 9.86. The van der Waals surface area contributed by atoms with Crippen LogP contribution in [-0.2, 0) is 11.2 Å². The van der Waals surface area contributed by atoms with Gasteiger partial charge < -0.3 is 9.64 Å². The van der Waals surface area contributed by atoms with E-state index in [-0.39, 0.29) is 12.0 Å². The van der Waals surface area contributed by atoms with Crippen LogP contribution in [0.2, 0.25) is 0 Å². The second kappa shape index (κ2) is 7.10. The summed E-state index contributed by atoms with van der Waals surface area (Å²) in [5.41, 5.74) is 1.34. The van der Waals surface area contributed by atoms with Crippen LogP contribution in [0.5, 0.6) is 5.88 Å². The Morgan fingerprint density at radius 1 is 1.35 bits per heavy atom. The number of hydrogen-bond acceptors (Lipinski definition) is 6. The van der Waals surface area contributed by atoms with Crippen molar-refractivity contribution in [1.29, 1.82) is 5.26 Å². The third kappa shape index (κ3) is 3.37. The lowest BCUT2D eigenvalue weighted by Crippen LogP contribution is -2.32. The summed E-state index contributed by atoms with van der Waals surface area (Å²) in [4.78, 5) is 18.6. The molecule has 1 aliphatic rings. The topological polar surface area (TPSA) is 79.1 Å². The molecule has 0 N–H and O–H groups in total. The molecule has 26 heavy (non-hydrogen) atoms. The van der Waals surface area contributed by atoms with E-state index in [1.807, 2.05) is 35.2 Å². The van der Waals surface area contributed by atoms with Gasteiger partial charge in [0.25, 0.3) is 0 Å². The highest BCUT2D eigenvalue weighted by Gasteiger charge is 2.28. The average Bonchev–Trinajstić information content (AvgIpc) is 3.30. The predicted molar refractivity (Wildman–Crippen MR) is 97.9 cm³/mol. The van der Waals surface area contributed by atoms with Crippen molar-refractivity contribution in [3.05, 3.63) is 53.9 Å². The van der Waals surface area contributed by atoms with E-state index in [9.17, 15) is 4.79 Å². The van der Waals surface area contributed by atoms with E-state index >= 15 is 0 Å². The molecule has 3 aromatic rings. The highest BCUT2D eigenvalue weighted by atomic mass is 32.1. The highest BCUT2D eigenvalue weighted by Crippen LogP contribution is 2.24. The minimum Gasteiger partial charge on any atom is -0.472 e. The van der Waals surface area contributed by atoms with Crippen LogP contribution in [0.1, 0.15) is 17.7 Å². The molecule has 2 aromatic heterocycles. The first-order valence-corrected chi connectivity index (χ1v) is 9.14. The van der Waals surface area contributed by atoms with Gasteiger partial charge >= 0.3 is 0 Å². The molecule has 1 amide bonds. The van der Waals surface area contributed by atoms with Crippen LogP contribution in [0.3, 0.4) is 0 Å². The Bertz CT molecular complexity index is 977. The number of aromatic nitrogens is 2. The quantitative estimate of drug-likeness (QED) is 0.711. The van der Waals surface area contributed by atoms with Gasteiger partial charge in [-0.05, 0) is 23.7 Å². The molecule has 0 spiro atoms. The zero-order valence-electron chi connectivity index (χ0n) is 14.0. The maximum atomic E-state index is 12.6. The van der Waals surface area contributed by atoms with Gasteiger partial charge in [-0.15, -0.1) is 0 Å². The van der Waals surface area contributed by atoms with Gasteiger partial charge in [0.05, 0.1) is 28.9 Å². The van der Waals surface area contributed by atoms with Crippen molar-refractivity contribution in [2.45, 2.75) is 18.9 Å². The maximum Gasteiger partial charge on any atom is 0.228 e. The number of hydrogen-bond donors (Lipinski definition) is 0. The maximum absolute atomic E-state index is 12.6. The third-order valence-electron chi connectivity index (χ3n) is 4.42. The van der Waals surface area contributed by atoms with Gasteiger partial charge in [-0.2, -0.15) is 9.64 Å². The Hall–Kier alpha value is -2.98. The van der Waals surface area contributed by atoms with Crippen molar-refractivity contribution in [1.82, 2.24) is 14.3 Å². The van der Waals surface area contributed by atoms with Crippen molar-refractivity contribution >= 4 is 27.5 Å². The number of carbonyl (C=O) groups is 1. The predicted octanol–water partition coefficient (Wildman–Crippen LogP) is 2.79. The molecular formula is C19H16N4O2S. The average molecular weight is 364 g/mol. The summed E-state index contributed by atoms with van der Waals surface area (Å²) < 4.78 is 11.4. The number of fused-ring (bicyclic) bond motifs is 1. The SMILES string of the molecule is N#Cc1ccc(OC2CCN(C(=O)Cc3nsc4ccccc34)C2)nc1. The van der Waals surface area contributed by atoms with Gasteiger partial charge in [0, 0.05) is 30.6 Å². The molecule has 130 valence electrons. The fraction of sp³-hybridized carbons (Fsp3) is 0.263. The zero-order valence-corrected chi connectivity index (χ0v) is 14.8. The van der Waals surface area contributed by atoms with Crippen molar-refractivity contribution in [2.75, 3.05) is 13.1 Å². The van der Waals surface area contributed by atoms with Crippen molar-refractivity contribution in [3.8, 4) is 11.9 Å². The first-order valence-electron chi connectivity index (χ1n) is 8.37. The summed E-state index contributed by atoms with van der Waals surface area (Å²) in [6, 6.07) is 13.4. The standard InChI is InChI=1S/C19H16N4O2S/c20-10-13-5-6-18(21-11-13)25-14-7-8-23(12-14)19(24)9-16-15-3-1-2-4-17(15)26-22-16/h1-6,11,14H,7-9,12H2. The normalized spacial score (nSPS) is 16.6. The molecule has 1 saturated heterocycles. The number of pyridine rings is 1. The van der Waals surface area contributed by atoms with E-state index in [0.29, 0.717) is 31.0 Å². The molecule has 0 bridgehead atoms. The highest BCUT2D eigenvalue weighted by molar-refractivity contribution is 7.13. The second-order valence-corrected chi connectivity index (χ2v) is 6.97. The molecular weight excluding hydrogens is 348 g/mol. The van der Waals surface area contributed by atoms with Gasteiger partial charge in [0.2, 0.25) is 11.8 Å². The second-order valence-electron chi connectivity index (χ2n) is 6.17. The van der Waals surface area contributed by atoms with Gasteiger partial charge in [0.15, 0.2) is 0 Å². The van der Waals surface area contributed by atoms with Crippen molar-refractivity contribution in [3.63, 3.8) is 0 Å². The van der Waals surface area contributed by atoms with Gasteiger partial charge in [-0.3, -0.25) is 4.79 Å². The molecule has 1 atom stereocenters. The number of rotatable bonds is 4.